The highest BCUT2D eigenvalue weighted by Gasteiger charge is 2.24. The number of nitrogens with one attached hydrogen (secondary N) is 1. The standard InChI is InChI=1S/C17H28N4O3.HI/c1-18-17(19-11-15-5-4-6-16(20-15)23-3)21-8-7-14(12-21)13-24-10-9-22-2;/h4-6,14H,7-13H2,1-3H3,(H,18,19);1H. The van der Waals surface area contributed by atoms with E-state index in [2.05, 4.69) is 20.2 Å². The first-order valence-corrected chi connectivity index (χ1v) is 8.29. The van der Waals surface area contributed by atoms with Gasteiger partial charge in [-0.3, -0.25) is 4.99 Å². The number of pyridine rings is 1. The molecule has 2 rings (SSSR count). The lowest BCUT2D eigenvalue weighted by atomic mass is 10.1. The highest BCUT2D eigenvalue weighted by molar-refractivity contribution is 14.0. The van der Waals surface area contributed by atoms with E-state index in [-0.39, 0.29) is 24.0 Å². The van der Waals surface area contributed by atoms with Gasteiger partial charge in [0, 0.05) is 39.2 Å². The van der Waals surface area contributed by atoms with Crippen molar-refractivity contribution in [2.45, 2.75) is 13.0 Å². The Labute approximate surface area is 167 Å². The van der Waals surface area contributed by atoms with Gasteiger partial charge in [-0.1, -0.05) is 6.07 Å². The molecule has 1 saturated heterocycles. The molecule has 0 aliphatic carbocycles. The molecule has 0 bridgehead atoms. The summed E-state index contributed by atoms with van der Waals surface area (Å²) >= 11 is 0. The molecule has 1 atom stereocenters. The summed E-state index contributed by atoms with van der Waals surface area (Å²) in [5.41, 5.74) is 0.925. The van der Waals surface area contributed by atoms with Gasteiger partial charge in [-0.05, 0) is 12.5 Å². The topological polar surface area (TPSA) is 68.2 Å². The number of halogens is 1. The van der Waals surface area contributed by atoms with Crippen LogP contribution in [0.2, 0.25) is 0 Å². The molecule has 142 valence electrons. The number of aliphatic imine (C=N–C) groups is 1. The molecule has 1 aliphatic heterocycles. The highest BCUT2D eigenvalue weighted by Crippen LogP contribution is 2.16. The molecule has 1 aliphatic rings. The average Bonchev–Trinajstić information content (AvgIpc) is 3.08. The van der Waals surface area contributed by atoms with E-state index in [0.29, 0.717) is 31.6 Å². The van der Waals surface area contributed by atoms with Gasteiger partial charge in [0.25, 0.3) is 0 Å². The number of nitrogens with zero attached hydrogens (tertiary/aromatic N) is 3. The zero-order valence-electron chi connectivity index (χ0n) is 15.2. The molecule has 0 spiro atoms. The lowest BCUT2D eigenvalue weighted by Gasteiger charge is -2.21. The zero-order valence-corrected chi connectivity index (χ0v) is 17.6. The first-order chi connectivity index (χ1) is 11.8. The molecule has 0 radical (unpaired) electrons. The summed E-state index contributed by atoms with van der Waals surface area (Å²) in [6.45, 7) is 4.64. The first kappa shape index (κ1) is 21.9. The molecule has 1 unspecified atom stereocenters. The van der Waals surface area contributed by atoms with Crippen LogP contribution in [0.15, 0.2) is 23.2 Å². The maximum atomic E-state index is 5.64. The number of guanidine groups is 1. The highest BCUT2D eigenvalue weighted by atomic mass is 127. The molecule has 0 amide bonds. The van der Waals surface area contributed by atoms with Gasteiger partial charge in [0.05, 0.1) is 39.2 Å². The summed E-state index contributed by atoms with van der Waals surface area (Å²) in [6.07, 6.45) is 1.12. The lowest BCUT2D eigenvalue weighted by Crippen LogP contribution is -2.40. The van der Waals surface area contributed by atoms with Crippen LogP contribution in [0.3, 0.4) is 0 Å². The Balaban J connectivity index is 0.00000312. The number of ether oxygens (including phenoxy) is 3. The maximum Gasteiger partial charge on any atom is 0.213 e. The van der Waals surface area contributed by atoms with E-state index in [0.717, 1.165) is 37.8 Å². The van der Waals surface area contributed by atoms with Crippen molar-refractivity contribution in [3.8, 4) is 5.88 Å². The molecule has 1 N–H and O–H groups in total. The van der Waals surface area contributed by atoms with Crippen LogP contribution in [0, 0.1) is 5.92 Å². The van der Waals surface area contributed by atoms with Crippen LogP contribution in [0.5, 0.6) is 5.88 Å². The molecule has 7 nitrogen and oxygen atoms in total. The van der Waals surface area contributed by atoms with E-state index in [1.54, 1.807) is 14.2 Å². The number of methoxy groups -OCH3 is 2. The van der Waals surface area contributed by atoms with E-state index in [9.17, 15) is 0 Å². The number of likely N-dealkylation sites (tertiary alicyclic amines) is 1. The predicted molar refractivity (Wildman–Crippen MR) is 109 cm³/mol. The Morgan fingerprint density at radius 3 is 2.92 bits per heavy atom. The zero-order chi connectivity index (χ0) is 17.2. The molecular weight excluding hydrogens is 435 g/mol. The number of aromatic nitrogens is 1. The van der Waals surface area contributed by atoms with Crippen LogP contribution in [-0.4, -0.2) is 70.0 Å². The van der Waals surface area contributed by atoms with Crippen molar-refractivity contribution in [3.63, 3.8) is 0 Å². The van der Waals surface area contributed by atoms with Gasteiger partial charge in [0.2, 0.25) is 5.88 Å². The normalized spacial score (nSPS) is 17.3. The maximum absolute atomic E-state index is 5.64. The van der Waals surface area contributed by atoms with Gasteiger partial charge >= 0.3 is 0 Å². The third kappa shape index (κ3) is 7.33. The Bertz CT molecular complexity index is 530. The third-order valence-corrected chi connectivity index (χ3v) is 4.00. The fourth-order valence-corrected chi connectivity index (χ4v) is 2.72. The minimum Gasteiger partial charge on any atom is -0.481 e. The quantitative estimate of drug-likeness (QED) is 0.274. The third-order valence-electron chi connectivity index (χ3n) is 4.00. The Morgan fingerprint density at radius 2 is 2.20 bits per heavy atom. The Hall–Kier alpha value is -1.13. The van der Waals surface area contributed by atoms with Crippen LogP contribution in [0.25, 0.3) is 0 Å². The van der Waals surface area contributed by atoms with Crippen LogP contribution in [-0.2, 0) is 16.0 Å². The monoisotopic (exact) mass is 464 g/mol. The van der Waals surface area contributed by atoms with Crippen LogP contribution >= 0.6 is 24.0 Å². The van der Waals surface area contributed by atoms with Crippen molar-refractivity contribution in [1.29, 1.82) is 0 Å². The Kier molecular flexibility index (Phi) is 10.7. The van der Waals surface area contributed by atoms with E-state index >= 15 is 0 Å². The molecular formula is C17H29IN4O3. The van der Waals surface area contributed by atoms with Gasteiger partial charge in [0.1, 0.15) is 0 Å². The van der Waals surface area contributed by atoms with Crippen molar-refractivity contribution in [3.05, 3.63) is 23.9 Å². The SMILES string of the molecule is CN=C(NCc1cccc(OC)n1)N1CCC(COCCOC)C1.I. The fourth-order valence-electron chi connectivity index (χ4n) is 2.72. The van der Waals surface area contributed by atoms with E-state index < -0.39 is 0 Å². The number of rotatable bonds is 8. The molecule has 0 saturated carbocycles. The van der Waals surface area contributed by atoms with Crippen molar-refractivity contribution in [2.24, 2.45) is 10.9 Å². The number of hydrogen-bond acceptors (Lipinski definition) is 5. The summed E-state index contributed by atoms with van der Waals surface area (Å²) in [5, 5.41) is 3.37. The van der Waals surface area contributed by atoms with Crippen molar-refractivity contribution in [2.75, 3.05) is 54.2 Å². The minimum atomic E-state index is 0. The van der Waals surface area contributed by atoms with Crippen molar-refractivity contribution < 1.29 is 14.2 Å². The fraction of sp³-hybridized carbons (Fsp3) is 0.647. The second-order valence-corrected chi connectivity index (χ2v) is 5.74. The van der Waals surface area contributed by atoms with Crippen LogP contribution in [0.1, 0.15) is 12.1 Å². The van der Waals surface area contributed by atoms with Gasteiger partial charge < -0.3 is 24.4 Å². The largest absolute Gasteiger partial charge is 0.481 e. The van der Waals surface area contributed by atoms with E-state index in [1.807, 2.05) is 25.2 Å². The summed E-state index contributed by atoms with van der Waals surface area (Å²) in [5.74, 6) is 2.06. The summed E-state index contributed by atoms with van der Waals surface area (Å²) in [6, 6.07) is 5.75. The van der Waals surface area contributed by atoms with Gasteiger partial charge in [-0.25, -0.2) is 4.98 Å². The molecule has 8 heteroatoms. The van der Waals surface area contributed by atoms with Crippen LogP contribution < -0.4 is 10.1 Å². The summed E-state index contributed by atoms with van der Waals surface area (Å²) in [7, 11) is 5.12. The first-order valence-electron chi connectivity index (χ1n) is 8.29. The summed E-state index contributed by atoms with van der Waals surface area (Å²) in [4.78, 5) is 11.1. The minimum absolute atomic E-state index is 0. The second kappa shape index (κ2) is 12.3. The molecule has 0 aromatic carbocycles. The molecule has 1 aromatic rings. The predicted octanol–water partition coefficient (Wildman–Crippen LogP) is 1.77. The van der Waals surface area contributed by atoms with Crippen molar-refractivity contribution >= 4 is 29.9 Å². The van der Waals surface area contributed by atoms with Gasteiger partial charge in [-0.15, -0.1) is 24.0 Å². The average molecular weight is 464 g/mol. The molecule has 1 fully saturated rings. The van der Waals surface area contributed by atoms with Gasteiger partial charge in [0.15, 0.2) is 5.96 Å². The second-order valence-electron chi connectivity index (χ2n) is 5.74. The summed E-state index contributed by atoms with van der Waals surface area (Å²) < 4.78 is 15.8. The lowest BCUT2D eigenvalue weighted by molar-refractivity contribution is 0.0536. The Morgan fingerprint density at radius 1 is 1.36 bits per heavy atom. The van der Waals surface area contributed by atoms with E-state index in [4.69, 9.17) is 14.2 Å². The van der Waals surface area contributed by atoms with Crippen molar-refractivity contribution in [1.82, 2.24) is 15.2 Å². The van der Waals surface area contributed by atoms with Gasteiger partial charge in [-0.2, -0.15) is 0 Å². The molecule has 2 heterocycles. The smallest absolute Gasteiger partial charge is 0.213 e. The molecule has 1 aromatic heterocycles. The molecule has 25 heavy (non-hydrogen) atoms. The van der Waals surface area contributed by atoms with Crippen LogP contribution in [0.4, 0.5) is 0 Å². The number of hydrogen-bond donors (Lipinski definition) is 1. The van der Waals surface area contributed by atoms with E-state index in [1.165, 1.54) is 0 Å².